The number of fused-ring (bicyclic) bond motifs is 1. The minimum absolute atomic E-state index is 0.268. The number of hydrogen-bond donors (Lipinski definition) is 1. The summed E-state index contributed by atoms with van der Waals surface area (Å²) in [5.41, 5.74) is 1.95. The molecule has 27 heavy (non-hydrogen) atoms. The van der Waals surface area contributed by atoms with Crippen molar-refractivity contribution in [3.05, 3.63) is 51.3 Å². The highest BCUT2D eigenvalue weighted by Crippen LogP contribution is 2.39. The van der Waals surface area contributed by atoms with Crippen molar-refractivity contribution in [1.82, 2.24) is 10.3 Å². The second kappa shape index (κ2) is 6.92. The van der Waals surface area contributed by atoms with E-state index in [-0.39, 0.29) is 4.91 Å². The van der Waals surface area contributed by atoms with Gasteiger partial charge in [0, 0.05) is 29.4 Å². The van der Waals surface area contributed by atoms with Gasteiger partial charge in [-0.2, -0.15) is 0 Å². The minimum Gasteiger partial charge on any atom is -0.494 e. The Labute approximate surface area is 167 Å². The number of carbonyl (C=O) groups excluding carboxylic acids is 2. The third-order valence-corrected chi connectivity index (χ3v) is 5.24. The van der Waals surface area contributed by atoms with Gasteiger partial charge in [-0.3, -0.25) is 19.9 Å². The molecule has 0 unspecified atom stereocenters. The second-order valence-electron chi connectivity index (χ2n) is 5.58. The molecule has 3 heterocycles. The van der Waals surface area contributed by atoms with E-state index in [1.165, 1.54) is 13.2 Å². The predicted octanol–water partition coefficient (Wildman–Crippen LogP) is 5.13. The first-order valence-electron chi connectivity index (χ1n) is 7.62. The monoisotopic (exact) mass is 420 g/mol. The molecule has 1 aliphatic rings. The number of aromatic nitrogens is 1. The second-order valence-corrected chi connectivity index (χ2v) is 7.41. The van der Waals surface area contributed by atoms with Gasteiger partial charge < -0.3 is 9.15 Å². The number of imide groups is 1. The van der Waals surface area contributed by atoms with Gasteiger partial charge in [-0.25, -0.2) is 0 Å². The van der Waals surface area contributed by atoms with Gasteiger partial charge in [0.1, 0.15) is 11.3 Å². The number of thioether (sulfide) groups is 1. The Morgan fingerprint density at radius 2 is 1.93 bits per heavy atom. The Kier molecular flexibility index (Phi) is 4.59. The molecule has 2 amide bonds. The number of nitrogens with one attached hydrogen (secondary N) is 1. The molecule has 0 spiro atoms. The zero-order valence-corrected chi connectivity index (χ0v) is 16.0. The fraction of sp³-hybridized carbons (Fsp3) is 0.0556. The van der Waals surface area contributed by atoms with Crippen molar-refractivity contribution in [2.45, 2.75) is 0 Å². The van der Waals surface area contributed by atoms with Gasteiger partial charge in [0.05, 0.1) is 22.1 Å². The Balaban J connectivity index is 1.82. The number of hydrogen-bond acceptors (Lipinski definition) is 6. The van der Waals surface area contributed by atoms with Gasteiger partial charge in [0.15, 0.2) is 5.75 Å². The van der Waals surface area contributed by atoms with Gasteiger partial charge in [-0.05, 0) is 35.5 Å². The first-order valence-corrected chi connectivity index (χ1v) is 9.19. The number of rotatable bonds is 3. The van der Waals surface area contributed by atoms with Crippen LogP contribution >= 0.6 is 35.0 Å². The molecule has 0 bridgehead atoms. The van der Waals surface area contributed by atoms with Crippen LogP contribution in [0, 0.1) is 0 Å². The van der Waals surface area contributed by atoms with Gasteiger partial charge in [-0.15, -0.1) is 0 Å². The molecule has 0 saturated carbocycles. The molecule has 6 nitrogen and oxygen atoms in total. The molecule has 1 saturated heterocycles. The molecule has 0 radical (unpaired) electrons. The highest BCUT2D eigenvalue weighted by Gasteiger charge is 2.25. The average molecular weight is 421 g/mol. The molecule has 1 N–H and O–H groups in total. The van der Waals surface area contributed by atoms with E-state index >= 15 is 0 Å². The lowest BCUT2D eigenvalue weighted by molar-refractivity contribution is -0.115. The van der Waals surface area contributed by atoms with Crippen LogP contribution in [-0.2, 0) is 4.79 Å². The molecule has 9 heteroatoms. The van der Waals surface area contributed by atoms with E-state index in [1.807, 2.05) is 0 Å². The summed E-state index contributed by atoms with van der Waals surface area (Å²) in [5, 5.41) is 3.26. The fourth-order valence-corrected chi connectivity index (χ4v) is 4.02. The fourth-order valence-electron chi connectivity index (χ4n) is 2.72. The summed E-state index contributed by atoms with van der Waals surface area (Å²) in [6.45, 7) is 0. The van der Waals surface area contributed by atoms with E-state index in [4.69, 9.17) is 32.4 Å². The van der Waals surface area contributed by atoms with Crippen LogP contribution < -0.4 is 10.1 Å². The zero-order chi connectivity index (χ0) is 19.1. The lowest BCUT2D eigenvalue weighted by Crippen LogP contribution is -2.17. The molecular formula is C18H10Cl2N2O4S. The largest absolute Gasteiger partial charge is 0.494 e. The van der Waals surface area contributed by atoms with Crippen molar-refractivity contribution >= 4 is 63.2 Å². The van der Waals surface area contributed by atoms with Crippen LogP contribution in [0.1, 0.15) is 5.76 Å². The Morgan fingerprint density at radius 3 is 2.56 bits per heavy atom. The molecule has 3 aromatic rings. The molecule has 1 aliphatic heterocycles. The molecule has 4 rings (SSSR count). The third kappa shape index (κ3) is 3.29. The number of benzene rings is 1. The number of halogens is 2. The van der Waals surface area contributed by atoms with Crippen molar-refractivity contribution in [3.63, 3.8) is 0 Å². The van der Waals surface area contributed by atoms with E-state index < -0.39 is 11.1 Å². The Morgan fingerprint density at radius 1 is 1.19 bits per heavy atom. The highest BCUT2D eigenvalue weighted by atomic mass is 35.5. The summed E-state index contributed by atoms with van der Waals surface area (Å²) in [6, 6.07) is 5.16. The lowest BCUT2D eigenvalue weighted by atomic mass is 10.1. The number of nitrogens with zero attached hydrogens (tertiary/aromatic N) is 1. The third-order valence-electron chi connectivity index (χ3n) is 3.87. The van der Waals surface area contributed by atoms with Gasteiger partial charge in [0.25, 0.3) is 11.1 Å². The predicted molar refractivity (Wildman–Crippen MR) is 105 cm³/mol. The maximum absolute atomic E-state index is 11.7. The summed E-state index contributed by atoms with van der Waals surface area (Å²) < 4.78 is 11.1. The van der Waals surface area contributed by atoms with E-state index in [0.29, 0.717) is 38.3 Å². The first-order chi connectivity index (χ1) is 13.0. The SMILES string of the molecule is COc1c(Cl)cc(-c2cncc3cc(/C=C4/SC(=O)NC4=O)oc23)cc1Cl. The summed E-state index contributed by atoms with van der Waals surface area (Å²) in [5.74, 6) is 0.371. The van der Waals surface area contributed by atoms with Gasteiger partial charge in [0.2, 0.25) is 0 Å². The van der Waals surface area contributed by atoms with Crippen molar-refractivity contribution in [2.24, 2.45) is 0 Å². The summed E-state index contributed by atoms with van der Waals surface area (Å²) in [4.78, 5) is 27.5. The number of carbonyl (C=O) groups is 2. The number of ether oxygens (including phenoxy) is 1. The average Bonchev–Trinajstić information content (AvgIpc) is 3.16. The van der Waals surface area contributed by atoms with Crippen molar-refractivity contribution in [1.29, 1.82) is 0 Å². The summed E-state index contributed by atoms with van der Waals surface area (Å²) >= 11 is 13.3. The molecule has 2 aromatic heterocycles. The van der Waals surface area contributed by atoms with Crippen LogP contribution in [-0.4, -0.2) is 23.2 Å². The van der Waals surface area contributed by atoms with Crippen molar-refractivity contribution in [2.75, 3.05) is 7.11 Å². The van der Waals surface area contributed by atoms with Gasteiger partial charge >= 0.3 is 0 Å². The van der Waals surface area contributed by atoms with E-state index in [9.17, 15) is 9.59 Å². The van der Waals surface area contributed by atoms with Crippen LogP contribution in [0.5, 0.6) is 5.75 Å². The Hall–Kier alpha value is -2.48. The minimum atomic E-state index is -0.447. The van der Waals surface area contributed by atoms with E-state index in [1.54, 1.807) is 30.6 Å². The van der Waals surface area contributed by atoms with E-state index in [2.05, 4.69) is 10.3 Å². The molecule has 136 valence electrons. The molecular weight excluding hydrogens is 411 g/mol. The van der Waals surface area contributed by atoms with Crippen LogP contribution in [0.25, 0.3) is 28.2 Å². The van der Waals surface area contributed by atoms with Crippen molar-refractivity contribution < 1.29 is 18.7 Å². The maximum Gasteiger partial charge on any atom is 0.290 e. The smallest absolute Gasteiger partial charge is 0.290 e. The maximum atomic E-state index is 11.7. The quantitative estimate of drug-likeness (QED) is 0.591. The van der Waals surface area contributed by atoms with Crippen LogP contribution in [0.4, 0.5) is 4.79 Å². The normalized spacial score (nSPS) is 15.6. The topological polar surface area (TPSA) is 81.4 Å². The summed E-state index contributed by atoms with van der Waals surface area (Å²) in [7, 11) is 1.49. The number of furan rings is 1. The number of pyridine rings is 1. The van der Waals surface area contributed by atoms with E-state index in [0.717, 1.165) is 17.1 Å². The lowest BCUT2D eigenvalue weighted by Gasteiger charge is -2.09. The number of methoxy groups -OCH3 is 1. The molecule has 0 atom stereocenters. The molecule has 1 fully saturated rings. The molecule has 0 aliphatic carbocycles. The van der Waals surface area contributed by atoms with Crippen molar-refractivity contribution in [3.8, 4) is 16.9 Å². The summed E-state index contributed by atoms with van der Waals surface area (Å²) in [6.07, 6.45) is 4.80. The van der Waals surface area contributed by atoms with Crippen LogP contribution in [0.15, 0.2) is 39.9 Å². The van der Waals surface area contributed by atoms with Gasteiger partial charge in [-0.1, -0.05) is 23.2 Å². The molecule has 1 aromatic carbocycles. The van der Waals surface area contributed by atoms with Crippen LogP contribution in [0.2, 0.25) is 10.0 Å². The standard InChI is InChI=1S/C18H10Cl2N2O4S/c1-25-16-12(19)3-8(4-13(16)20)11-7-21-6-9-2-10(26-15(9)11)5-14-17(23)22-18(24)27-14/h2-7H,1H3,(H,22,23,24)/b14-5+. The Bertz CT molecular complexity index is 1120. The first kappa shape index (κ1) is 17.9. The zero-order valence-electron chi connectivity index (χ0n) is 13.7. The number of amides is 2. The van der Waals surface area contributed by atoms with Crippen LogP contribution in [0.3, 0.4) is 0 Å². The highest BCUT2D eigenvalue weighted by molar-refractivity contribution is 8.18.